The lowest BCUT2D eigenvalue weighted by Crippen LogP contribution is -2.39. The van der Waals surface area contributed by atoms with E-state index < -0.39 is 11.2 Å². The van der Waals surface area contributed by atoms with Gasteiger partial charge in [-0.2, -0.15) is 0 Å². The molecular formula is C18H18N2O2S. The monoisotopic (exact) mass is 326 g/mol. The maximum atomic E-state index is 12.5. The molecular weight excluding hydrogens is 308 g/mol. The molecule has 3 rings (SSSR count). The fraction of sp³-hybridized carbons (Fsp3) is 0.222. The first-order valence-electron chi connectivity index (χ1n) is 7.49. The molecule has 1 heterocycles. The molecule has 2 atom stereocenters. The summed E-state index contributed by atoms with van der Waals surface area (Å²) in [5.74, 6) is -0.708. The van der Waals surface area contributed by atoms with E-state index in [1.165, 1.54) is 11.8 Å². The molecule has 0 saturated carbocycles. The second kappa shape index (κ2) is 6.46. The Morgan fingerprint density at radius 2 is 1.87 bits per heavy atom. The molecule has 5 heteroatoms. The van der Waals surface area contributed by atoms with Crippen molar-refractivity contribution in [2.75, 3.05) is 10.6 Å². The SMILES string of the molecule is Cc1ccccc1NC(=O)C(C)C1Sc2ccccc2NC1=O. The van der Waals surface area contributed by atoms with Gasteiger partial charge in [0.25, 0.3) is 0 Å². The number of benzene rings is 2. The highest BCUT2D eigenvalue weighted by atomic mass is 32.2. The molecule has 0 aromatic heterocycles. The van der Waals surface area contributed by atoms with Gasteiger partial charge in [0.15, 0.2) is 0 Å². The van der Waals surface area contributed by atoms with Crippen molar-refractivity contribution in [2.45, 2.75) is 24.0 Å². The predicted octanol–water partition coefficient (Wildman–Crippen LogP) is 3.68. The van der Waals surface area contributed by atoms with Crippen LogP contribution in [0.2, 0.25) is 0 Å². The molecule has 2 amide bonds. The van der Waals surface area contributed by atoms with Gasteiger partial charge in [-0.3, -0.25) is 9.59 Å². The third kappa shape index (κ3) is 3.24. The fourth-order valence-electron chi connectivity index (χ4n) is 2.49. The van der Waals surface area contributed by atoms with Crippen LogP contribution in [0, 0.1) is 12.8 Å². The third-order valence-corrected chi connectivity index (χ3v) is 5.41. The number of para-hydroxylation sites is 2. The zero-order chi connectivity index (χ0) is 16.4. The molecule has 0 aliphatic carbocycles. The summed E-state index contributed by atoms with van der Waals surface area (Å²) in [6, 6.07) is 15.3. The number of rotatable bonds is 3. The van der Waals surface area contributed by atoms with Gasteiger partial charge in [0, 0.05) is 10.6 Å². The number of fused-ring (bicyclic) bond motifs is 1. The largest absolute Gasteiger partial charge is 0.326 e. The Labute approximate surface area is 139 Å². The van der Waals surface area contributed by atoms with Crippen LogP contribution < -0.4 is 10.6 Å². The number of carbonyl (C=O) groups is 2. The first kappa shape index (κ1) is 15.6. The van der Waals surface area contributed by atoms with Gasteiger partial charge in [0.2, 0.25) is 11.8 Å². The summed E-state index contributed by atoms with van der Waals surface area (Å²) in [5, 5.41) is 5.36. The molecule has 118 valence electrons. The summed E-state index contributed by atoms with van der Waals surface area (Å²) >= 11 is 1.44. The Hall–Kier alpha value is -2.27. The van der Waals surface area contributed by atoms with Gasteiger partial charge in [-0.1, -0.05) is 37.3 Å². The van der Waals surface area contributed by atoms with Crippen LogP contribution in [0.1, 0.15) is 12.5 Å². The highest BCUT2D eigenvalue weighted by Gasteiger charge is 2.35. The van der Waals surface area contributed by atoms with E-state index in [0.29, 0.717) is 0 Å². The summed E-state index contributed by atoms with van der Waals surface area (Å²) in [6.45, 7) is 3.73. The number of anilines is 2. The minimum Gasteiger partial charge on any atom is -0.326 e. The van der Waals surface area contributed by atoms with E-state index in [1.807, 2.05) is 55.5 Å². The Bertz CT molecular complexity index is 760. The van der Waals surface area contributed by atoms with Crippen LogP contribution in [-0.4, -0.2) is 17.1 Å². The van der Waals surface area contributed by atoms with Gasteiger partial charge in [-0.15, -0.1) is 11.8 Å². The number of thioether (sulfide) groups is 1. The quantitative estimate of drug-likeness (QED) is 0.904. The number of carbonyl (C=O) groups excluding carboxylic acids is 2. The second-order valence-electron chi connectivity index (χ2n) is 5.62. The molecule has 1 aliphatic rings. The molecule has 1 aliphatic heterocycles. The molecule has 2 aromatic rings. The van der Waals surface area contributed by atoms with Crippen LogP contribution in [0.3, 0.4) is 0 Å². The Balaban J connectivity index is 1.75. The van der Waals surface area contributed by atoms with E-state index in [0.717, 1.165) is 21.8 Å². The van der Waals surface area contributed by atoms with Crippen LogP contribution in [0.4, 0.5) is 11.4 Å². The van der Waals surface area contributed by atoms with Gasteiger partial charge < -0.3 is 10.6 Å². The summed E-state index contributed by atoms with van der Waals surface area (Å²) in [6.07, 6.45) is 0. The van der Waals surface area contributed by atoms with Gasteiger partial charge in [0.1, 0.15) is 0 Å². The Kier molecular flexibility index (Phi) is 4.39. The number of amides is 2. The molecule has 0 radical (unpaired) electrons. The van der Waals surface area contributed by atoms with Crippen LogP contribution in [0.15, 0.2) is 53.4 Å². The average Bonchev–Trinajstić information content (AvgIpc) is 2.55. The zero-order valence-corrected chi connectivity index (χ0v) is 13.8. The van der Waals surface area contributed by atoms with Gasteiger partial charge in [-0.05, 0) is 30.7 Å². The van der Waals surface area contributed by atoms with Crippen molar-refractivity contribution in [3.8, 4) is 0 Å². The molecule has 2 N–H and O–H groups in total. The van der Waals surface area contributed by atoms with E-state index in [-0.39, 0.29) is 11.8 Å². The number of nitrogens with one attached hydrogen (secondary N) is 2. The Morgan fingerprint density at radius 1 is 1.17 bits per heavy atom. The van der Waals surface area contributed by atoms with Crippen LogP contribution >= 0.6 is 11.8 Å². The molecule has 0 bridgehead atoms. The third-order valence-electron chi connectivity index (χ3n) is 3.93. The van der Waals surface area contributed by atoms with Crippen molar-refractivity contribution in [3.63, 3.8) is 0 Å². The maximum absolute atomic E-state index is 12.5. The van der Waals surface area contributed by atoms with Crippen molar-refractivity contribution in [1.29, 1.82) is 0 Å². The zero-order valence-electron chi connectivity index (χ0n) is 13.0. The van der Waals surface area contributed by atoms with Crippen molar-refractivity contribution in [3.05, 3.63) is 54.1 Å². The fourth-order valence-corrected chi connectivity index (χ4v) is 3.66. The standard InChI is InChI=1S/C18H18N2O2S/c1-11-7-3-4-8-13(11)19-17(21)12(2)16-18(22)20-14-9-5-6-10-15(14)23-16/h3-10,12,16H,1-2H3,(H,19,21)(H,20,22). The molecule has 0 fully saturated rings. The van der Waals surface area contributed by atoms with Crippen LogP contribution in [0.5, 0.6) is 0 Å². The highest BCUT2D eigenvalue weighted by Crippen LogP contribution is 2.38. The minimum atomic E-state index is -0.437. The molecule has 4 nitrogen and oxygen atoms in total. The maximum Gasteiger partial charge on any atom is 0.238 e. The van der Waals surface area contributed by atoms with E-state index >= 15 is 0 Å². The van der Waals surface area contributed by atoms with Crippen molar-refractivity contribution in [1.82, 2.24) is 0 Å². The lowest BCUT2D eigenvalue weighted by Gasteiger charge is -2.27. The summed E-state index contributed by atoms with van der Waals surface area (Å²) in [7, 11) is 0. The normalized spacial score (nSPS) is 17.8. The lowest BCUT2D eigenvalue weighted by molar-refractivity contribution is -0.123. The Morgan fingerprint density at radius 3 is 2.65 bits per heavy atom. The second-order valence-corrected chi connectivity index (χ2v) is 6.80. The van der Waals surface area contributed by atoms with Gasteiger partial charge in [-0.25, -0.2) is 0 Å². The predicted molar refractivity (Wildman–Crippen MR) is 93.7 cm³/mol. The van der Waals surface area contributed by atoms with E-state index in [1.54, 1.807) is 6.92 Å². The van der Waals surface area contributed by atoms with Gasteiger partial charge in [0.05, 0.1) is 16.9 Å². The first-order valence-corrected chi connectivity index (χ1v) is 8.37. The smallest absolute Gasteiger partial charge is 0.238 e. The molecule has 0 spiro atoms. The van der Waals surface area contributed by atoms with E-state index in [2.05, 4.69) is 10.6 Å². The highest BCUT2D eigenvalue weighted by molar-refractivity contribution is 8.01. The molecule has 23 heavy (non-hydrogen) atoms. The topological polar surface area (TPSA) is 58.2 Å². The van der Waals surface area contributed by atoms with Crippen molar-refractivity contribution >= 4 is 35.0 Å². The van der Waals surface area contributed by atoms with E-state index in [9.17, 15) is 9.59 Å². The molecule has 2 unspecified atom stereocenters. The van der Waals surface area contributed by atoms with Crippen molar-refractivity contribution < 1.29 is 9.59 Å². The van der Waals surface area contributed by atoms with Crippen molar-refractivity contribution in [2.24, 2.45) is 5.92 Å². The average molecular weight is 326 g/mol. The number of hydrogen-bond acceptors (Lipinski definition) is 3. The van der Waals surface area contributed by atoms with Gasteiger partial charge >= 0.3 is 0 Å². The number of aryl methyl sites for hydroxylation is 1. The van der Waals surface area contributed by atoms with Crippen LogP contribution in [-0.2, 0) is 9.59 Å². The van der Waals surface area contributed by atoms with E-state index in [4.69, 9.17) is 0 Å². The molecule has 2 aromatic carbocycles. The minimum absolute atomic E-state index is 0.124. The first-order chi connectivity index (χ1) is 11.1. The number of hydrogen-bond donors (Lipinski definition) is 2. The molecule has 0 saturated heterocycles. The lowest BCUT2D eigenvalue weighted by atomic mass is 10.0. The summed E-state index contributed by atoms with van der Waals surface area (Å²) in [4.78, 5) is 25.8. The van der Waals surface area contributed by atoms with Crippen LogP contribution in [0.25, 0.3) is 0 Å². The summed E-state index contributed by atoms with van der Waals surface area (Å²) in [5.41, 5.74) is 2.59. The summed E-state index contributed by atoms with van der Waals surface area (Å²) < 4.78 is 0.